The molecule has 6 rings (SSSR count). The highest BCUT2D eigenvalue weighted by Gasteiger charge is 2.64. The van der Waals surface area contributed by atoms with Crippen molar-refractivity contribution in [2.75, 3.05) is 13.1 Å². The smallest absolute Gasteiger partial charge is 0.165 e. The predicted octanol–water partition coefficient (Wildman–Crippen LogP) is 2.37. The zero-order chi connectivity index (χ0) is 16.8. The van der Waals surface area contributed by atoms with Gasteiger partial charge in [0.25, 0.3) is 0 Å². The number of piperidine rings is 1. The molecule has 0 radical (unpaired) electrons. The number of ether oxygens (including phenoxy) is 1. The molecule has 3 aliphatic carbocycles. The van der Waals surface area contributed by atoms with Crippen molar-refractivity contribution in [3.05, 3.63) is 35.4 Å². The molecule has 5 aliphatic rings. The summed E-state index contributed by atoms with van der Waals surface area (Å²) in [4.78, 5) is 2.71. The van der Waals surface area contributed by atoms with Gasteiger partial charge in [0.05, 0.1) is 0 Å². The van der Waals surface area contributed by atoms with Crippen LogP contribution in [-0.2, 0) is 11.8 Å². The van der Waals surface area contributed by atoms with Gasteiger partial charge >= 0.3 is 0 Å². The predicted molar refractivity (Wildman–Crippen MR) is 93.9 cm³/mol. The highest BCUT2D eigenvalue weighted by Crippen LogP contribution is 2.62. The minimum atomic E-state index is -0.590. The SMILES string of the molecule is Oc1ccc2c3c1O[C@H]1[C@@H](O)C=C[C@H]4[C@@H](C2)N(CC2CCC2)CC[C@@]341. The number of aliphatic hydroxyl groups is 1. The van der Waals surface area contributed by atoms with E-state index in [-0.39, 0.29) is 17.3 Å². The quantitative estimate of drug-likeness (QED) is 0.813. The summed E-state index contributed by atoms with van der Waals surface area (Å²) in [7, 11) is 0. The van der Waals surface area contributed by atoms with Gasteiger partial charge in [-0.2, -0.15) is 0 Å². The molecule has 1 aromatic rings. The molecule has 1 aromatic carbocycles. The van der Waals surface area contributed by atoms with Crippen LogP contribution in [0.1, 0.15) is 36.8 Å². The fourth-order valence-electron chi connectivity index (χ4n) is 6.37. The van der Waals surface area contributed by atoms with Crippen LogP contribution in [0.3, 0.4) is 0 Å². The normalized spacial score (nSPS) is 41.2. The van der Waals surface area contributed by atoms with Gasteiger partial charge in [-0.1, -0.05) is 24.6 Å². The lowest BCUT2D eigenvalue weighted by Crippen LogP contribution is -2.66. The zero-order valence-corrected chi connectivity index (χ0v) is 14.4. The Labute approximate surface area is 148 Å². The van der Waals surface area contributed by atoms with E-state index in [1.54, 1.807) is 6.07 Å². The molecule has 2 N–H and O–H groups in total. The van der Waals surface area contributed by atoms with Gasteiger partial charge in [0, 0.05) is 29.5 Å². The Morgan fingerprint density at radius 2 is 2.12 bits per heavy atom. The van der Waals surface area contributed by atoms with Gasteiger partial charge in [-0.25, -0.2) is 0 Å². The highest BCUT2D eigenvalue weighted by atomic mass is 16.5. The summed E-state index contributed by atoms with van der Waals surface area (Å²) in [6.07, 6.45) is 9.54. The summed E-state index contributed by atoms with van der Waals surface area (Å²) in [6.45, 7) is 2.30. The van der Waals surface area contributed by atoms with Gasteiger partial charge in [-0.05, 0) is 49.8 Å². The van der Waals surface area contributed by atoms with Crippen molar-refractivity contribution in [1.82, 2.24) is 4.90 Å². The van der Waals surface area contributed by atoms with Gasteiger partial charge in [0.15, 0.2) is 11.5 Å². The number of hydrogen-bond donors (Lipinski definition) is 2. The average molecular weight is 339 g/mol. The third-order valence-corrected chi connectivity index (χ3v) is 7.70. The number of likely N-dealkylation sites (tertiary alicyclic amines) is 1. The van der Waals surface area contributed by atoms with Crippen LogP contribution in [0.4, 0.5) is 0 Å². The van der Waals surface area contributed by atoms with Crippen LogP contribution < -0.4 is 4.74 Å². The van der Waals surface area contributed by atoms with E-state index in [0.717, 1.165) is 25.3 Å². The molecule has 132 valence electrons. The van der Waals surface area contributed by atoms with Crippen molar-refractivity contribution in [1.29, 1.82) is 0 Å². The van der Waals surface area contributed by atoms with E-state index in [0.29, 0.717) is 17.7 Å². The maximum Gasteiger partial charge on any atom is 0.165 e. The standard InChI is InChI=1S/C21H25NO3/c23-16-6-4-13-10-15-14-5-7-17(24)20-21(14,18(13)19(16)25-20)8-9-22(15)11-12-2-1-3-12/h4-7,12,14-15,17,20,23-24H,1-3,8-11H2/t14-,15+,17-,20-,21-/m0/s1. The molecule has 2 bridgehead atoms. The molecule has 2 heterocycles. The second-order valence-electron chi connectivity index (χ2n) is 8.74. The van der Waals surface area contributed by atoms with E-state index < -0.39 is 6.10 Å². The molecule has 1 saturated heterocycles. The largest absolute Gasteiger partial charge is 0.504 e. The lowest BCUT2D eigenvalue weighted by molar-refractivity contribution is -0.0572. The molecule has 25 heavy (non-hydrogen) atoms. The minimum Gasteiger partial charge on any atom is -0.504 e. The van der Waals surface area contributed by atoms with Crippen LogP contribution in [0.15, 0.2) is 24.3 Å². The molecule has 0 unspecified atom stereocenters. The Morgan fingerprint density at radius 3 is 2.92 bits per heavy atom. The Balaban J connectivity index is 1.50. The maximum atomic E-state index is 10.6. The Morgan fingerprint density at radius 1 is 1.24 bits per heavy atom. The first-order valence-electron chi connectivity index (χ1n) is 9.81. The third-order valence-electron chi connectivity index (χ3n) is 7.70. The molecule has 0 aromatic heterocycles. The summed E-state index contributed by atoms with van der Waals surface area (Å²) in [5.41, 5.74) is 2.36. The van der Waals surface area contributed by atoms with Gasteiger partial charge < -0.3 is 14.9 Å². The molecule has 0 amide bonds. The van der Waals surface area contributed by atoms with Crippen molar-refractivity contribution in [2.45, 2.75) is 55.8 Å². The van der Waals surface area contributed by atoms with Gasteiger partial charge in [0.1, 0.15) is 12.2 Å². The van der Waals surface area contributed by atoms with E-state index in [1.807, 2.05) is 6.08 Å². The third kappa shape index (κ3) is 1.70. The summed E-state index contributed by atoms with van der Waals surface area (Å²) < 4.78 is 6.20. The number of rotatable bonds is 2. The monoisotopic (exact) mass is 339 g/mol. The summed E-state index contributed by atoms with van der Waals surface area (Å²) in [5.74, 6) is 2.12. The van der Waals surface area contributed by atoms with Crippen LogP contribution in [0.2, 0.25) is 0 Å². The number of hydrogen-bond acceptors (Lipinski definition) is 4. The first-order chi connectivity index (χ1) is 12.2. The fraction of sp³-hybridized carbons (Fsp3) is 0.619. The van der Waals surface area contributed by atoms with Gasteiger partial charge in [-0.15, -0.1) is 0 Å². The molecule has 5 atom stereocenters. The molecular formula is C21H25NO3. The topological polar surface area (TPSA) is 52.9 Å². The fourth-order valence-corrected chi connectivity index (χ4v) is 6.37. The van der Waals surface area contributed by atoms with E-state index in [2.05, 4.69) is 17.0 Å². The lowest BCUT2D eigenvalue weighted by atomic mass is 9.53. The Bertz CT molecular complexity index is 771. The highest BCUT2D eigenvalue weighted by molar-refractivity contribution is 5.61. The van der Waals surface area contributed by atoms with Crippen molar-refractivity contribution < 1.29 is 14.9 Å². The van der Waals surface area contributed by atoms with Crippen molar-refractivity contribution >= 4 is 0 Å². The zero-order valence-electron chi connectivity index (χ0n) is 14.4. The molecule has 2 aliphatic heterocycles. The number of aliphatic hydroxyl groups excluding tert-OH is 1. The first-order valence-corrected chi connectivity index (χ1v) is 9.81. The molecule has 2 fully saturated rings. The lowest BCUT2D eigenvalue weighted by Gasteiger charge is -2.57. The van der Waals surface area contributed by atoms with Gasteiger partial charge in [0.2, 0.25) is 0 Å². The molecule has 1 spiro atoms. The van der Waals surface area contributed by atoms with Crippen LogP contribution >= 0.6 is 0 Å². The number of nitrogens with zero attached hydrogens (tertiary/aromatic N) is 1. The second kappa shape index (κ2) is 4.80. The van der Waals surface area contributed by atoms with E-state index >= 15 is 0 Å². The van der Waals surface area contributed by atoms with Crippen LogP contribution in [-0.4, -0.2) is 46.5 Å². The van der Waals surface area contributed by atoms with Crippen LogP contribution in [0.5, 0.6) is 11.5 Å². The first kappa shape index (κ1) is 14.6. The maximum absolute atomic E-state index is 10.6. The Hall–Kier alpha value is -1.52. The number of phenols is 1. The van der Waals surface area contributed by atoms with E-state index in [4.69, 9.17) is 4.74 Å². The molecular weight excluding hydrogens is 314 g/mol. The van der Waals surface area contributed by atoms with Gasteiger partial charge in [-0.3, -0.25) is 4.90 Å². The van der Waals surface area contributed by atoms with Crippen molar-refractivity contribution in [3.8, 4) is 11.5 Å². The summed E-state index contributed by atoms with van der Waals surface area (Å²) >= 11 is 0. The van der Waals surface area contributed by atoms with Crippen LogP contribution in [0.25, 0.3) is 0 Å². The molecule has 4 nitrogen and oxygen atoms in total. The summed E-state index contributed by atoms with van der Waals surface area (Å²) in [6, 6.07) is 4.35. The number of phenolic OH excluding ortho intramolecular Hbond substituents is 1. The number of benzene rings is 1. The average Bonchev–Trinajstić information content (AvgIpc) is 2.92. The molecule has 1 saturated carbocycles. The van der Waals surface area contributed by atoms with E-state index in [9.17, 15) is 10.2 Å². The van der Waals surface area contributed by atoms with Crippen molar-refractivity contribution in [3.63, 3.8) is 0 Å². The number of aromatic hydroxyl groups is 1. The van der Waals surface area contributed by atoms with Crippen molar-refractivity contribution in [2.24, 2.45) is 11.8 Å². The Kier molecular flexibility index (Phi) is 2.81. The summed E-state index contributed by atoms with van der Waals surface area (Å²) in [5, 5.41) is 21.0. The minimum absolute atomic E-state index is 0.156. The van der Waals surface area contributed by atoms with Crippen LogP contribution in [0, 0.1) is 11.8 Å². The molecule has 4 heteroatoms. The second-order valence-corrected chi connectivity index (χ2v) is 8.74. The van der Waals surface area contributed by atoms with E-state index in [1.165, 1.54) is 36.9 Å².